The summed E-state index contributed by atoms with van der Waals surface area (Å²) in [5.74, 6) is -0.137. The molecule has 1 amide bonds. The van der Waals surface area contributed by atoms with Gasteiger partial charge in [-0.25, -0.2) is 0 Å². The maximum absolute atomic E-state index is 13.1. The van der Waals surface area contributed by atoms with E-state index in [4.69, 9.17) is 9.47 Å². The fourth-order valence-corrected chi connectivity index (χ4v) is 11.2. The molecule has 0 aromatic rings. The van der Waals surface area contributed by atoms with Crippen LogP contribution in [0.5, 0.6) is 0 Å². The van der Waals surface area contributed by atoms with Gasteiger partial charge in [-0.05, 0) is 44.9 Å². The third kappa shape index (κ3) is 46.9. The van der Waals surface area contributed by atoms with E-state index < -0.39 is 49.5 Å². The molecule has 1 rings (SSSR count). The minimum absolute atomic E-state index is 0.132. The average molecular weight is 1090 g/mol. The van der Waals surface area contributed by atoms with Crippen molar-refractivity contribution in [3.05, 3.63) is 24.3 Å². The molecule has 0 radical (unpaired) electrons. The van der Waals surface area contributed by atoms with Crippen molar-refractivity contribution in [3.8, 4) is 0 Å². The van der Waals surface area contributed by atoms with Crippen LogP contribution in [0, 0.1) is 0 Å². The molecule has 0 aliphatic carbocycles. The van der Waals surface area contributed by atoms with E-state index in [0.29, 0.717) is 12.8 Å². The molecular formula is C68H131NO8. The number of ether oxygens (including phenoxy) is 2. The number of carbonyl (C=O) groups excluding carboxylic acids is 1. The highest BCUT2D eigenvalue weighted by atomic mass is 16.7. The number of rotatable bonds is 60. The minimum Gasteiger partial charge on any atom is -0.394 e. The number of allylic oxidation sites excluding steroid dienone is 4. The standard InChI is InChI=1S/C68H131NO8/c1-3-5-7-9-11-13-15-17-19-20-21-22-23-24-25-26-27-28-29-30-31-32-33-34-35-36-37-38-39-40-41-42-44-46-48-50-52-54-56-58-64(72)69-61(60-76-68-67(75)66(74)65(73)63(59-70)77-68)62(71)57-55-53-51-49-47-45-43-18-16-14-12-10-8-6-4-2/h15,17,20-21,61-63,65-68,70-71,73-75H,3-14,16,18-19,22-60H2,1-2H3,(H,69,72)/b17-15-,21-20-. The molecule has 456 valence electrons. The van der Waals surface area contributed by atoms with Crippen LogP contribution < -0.4 is 5.32 Å². The summed E-state index contributed by atoms with van der Waals surface area (Å²) in [5.41, 5.74) is 0. The van der Waals surface area contributed by atoms with Crippen LogP contribution in [0.3, 0.4) is 0 Å². The number of unbranched alkanes of at least 4 members (excludes halogenated alkanes) is 46. The number of hydrogen-bond acceptors (Lipinski definition) is 8. The van der Waals surface area contributed by atoms with Crippen LogP contribution in [-0.2, 0) is 14.3 Å². The highest BCUT2D eigenvalue weighted by Gasteiger charge is 2.44. The van der Waals surface area contributed by atoms with Gasteiger partial charge in [0.25, 0.3) is 0 Å². The van der Waals surface area contributed by atoms with E-state index in [9.17, 15) is 30.3 Å². The Balaban J connectivity index is 2.01. The van der Waals surface area contributed by atoms with Gasteiger partial charge in [-0.3, -0.25) is 4.79 Å². The fourth-order valence-electron chi connectivity index (χ4n) is 11.2. The van der Waals surface area contributed by atoms with Crippen molar-refractivity contribution in [1.82, 2.24) is 5.32 Å². The van der Waals surface area contributed by atoms with E-state index in [1.807, 2.05) is 0 Å². The van der Waals surface area contributed by atoms with Gasteiger partial charge in [0.15, 0.2) is 6.29 Å². The molecule has 9 heteroatoms. The normalized spacial score (nSPS) is 18.8. The van der Waals surface area contributed by atoms with Crippen molar-refractivity contribution in [1.29, 1.82) is 0 Å². The Morgan fingerprint density at radius 2 is 0.766 bits per heavy atom. The van der Waals surface area contributed by atoms with Gasteiger partial charge >= 0.3 is 0 Å². The summed E-state index contributed by atoms with van der Waals surface area (Å²) in [7, 11) is 0. The zero-order chi connectivity index (χ0) is 55.8. The number of aliphatic hydroxyl groups is 5. The van der Waals surface area contributed by atoms with Gasteiger partial charge in [0.1, 0.15) is 24.4 Å². The van der Waals surface area contributed by atoms with Gasteiger partial charge in [0.05, 0.1) is 25.4 Å². The Kier molecular flexibility index (Phi) is 55.4. The Labute approximate surface area is 477 Å². The van der Waals surface area contributed by atoms with E-state index in [0.717, 1.165) is 44.9 Å². The lowest BCUT2D eigenvalue weighted by Crippen LogP contribution is -2.60. The minimum atomic E-state index is -1.55. The van der Waals surface area contributed by atoms with Crippen LogP contribution in [0.2, 0.25) is 0 Å². The lowest BCUT2D eigenvalue weighted by Gasteiger charge is -2.40. The Hall–Kier alpha value is -1.33. The van der Waals surface area contributed by atoms with Crippen molar-refractivity contribution in [3.63, 3.8) is 0 Å². The fraction of sp³-hybridized carbons (Fsp3) is 0.926. The summed E-state index contributed by atoms with van der Waals surface area (Å²) in [6, 6.07) is -0.715. The topological polar surface area (TPSA) is 149 Å². The number of nitrogens with one attached hydrogen (secondary N) is 1. The summed E-state index contributed by atoms with van der Waals surface area (Å²) < 4.78 is 11.3. The maximum Gasteiger partial charge on any atom is 0.220 e. The van der Waals surface area contributed by atoms with E-state index >= 15 is 0 Å². The van der Waals surface area contributed by atoms with Crippen LogP contribution >= 0.6 is 0 Å². The second-order valence-electron chi connectivity index (χ2n) is 24.0. The highest BCUT2D eigenvalue weighted by Crippen LogP contribution is 2.24. The van der Waals surface area contributed by atoms with Crippen LogP contribution in [0.1, 0.15) is 348 Å². The molecule has 0 aromatic carbocycles. The van der Waals surface area contributed by atoms with Gasteiger partial charge in [-0.2, -0.15) is 0 Å². The molecule has 7 unspecified atom stereocenters. The van der Waals surface area contributed by atoms with Crippen LogP contribution in [-0.4, -0.2) is 87.5 Å². The third-order valence-electron chi connectivity index (χ3n) is 16.6. The SMILES string of the molecule is CCCCCCC/C=C\C/C=C\CCCCCCCCCCCCCCCCCCCCCCCCCCCCCC(=O)NC(COC1OC(CO)C(O)C(O)C1O)C(O)CCCCCCCCCCCCCCCCC. The summed E-state index contributed by atoms with van der Waals surface area (Å²) in [6.07, 6.45) is 68.3. The summed E-state index contributed by atoms with van der Waals surface area (Å²) in [5, 5.41) is 54.7. The number of hydrogen-bond donors (Lipinski definition) is 6. The molecule has 0 saturated carbocycles. The Morgan fingerprint density at radius 3 is 1.12 bits per heavy atom. The molecule has 0 bridgehead atoms. The van der Waals surface area contributed by atoms with Crippen molar-refractivity contribution >= 4 is 5.91 Å². The van der Waals surface area contributed by atoms with Crippen molar-refractivity contribution in [2.24, 2.45) is 0 Å². The number of amides is 1. The zero-order valence-corrected chi connectivity index (χ0v) is 51.0. The predicted molar refractivity (Wildman–Crippen MR) is 327 cm³/mol. The second-order valence-corrected chi connectivity index (χ2v) is 24.0. The molecule has 0 spiro atoms. The molecule has 1 saturated heterocycles. The van der Waals surface area contributed by atoms with Crippen LogP contribution in [0.15, 0.2) is 24.3 Å². The summed E-state index contributed by atoms with van der Waals surface area (Å²) in [6.45, 7) is 3.87. The Morgan fingerprint density at radius 1 is 0.442 bits per heavy atom. The number of aliphatic hydroxyl groups excluding tert-OH is 5. The quantitative estimate of drug-likeness (QED) is 0.0261. The molecule has 6 N–H and O–H groups in total. The first-order valence-electron chi connectivity index (χ1n) is 34.0. The lowest BCUT2D eigenvalue weighted by atomic mass is 9.99. The van der Waals surface area contributed by atoms with E-state index in [2.05, 4.69) is 43.5 Å². The molecule has 9 nitrogen and oxygen atoms in total. The zero-order valence-electron chi connectivity index (χ0n) is 51.0. The second kappa shape index (κ2) is 57.9. The molecule has 1 aliphatic heterocycles. The molecule has 1 aliphatic rings. The summed E-state index contributed by atoms with van der Waals surface area (Å²) in [4.78, 5) is 13.1. The first-order valence-corrected chi connectivity index (χ1v) is 34.0. The monoisotopic (exact) mass is 1090 g/mol. The molecule has 0 aromatic heterocycles. The van der Waals surface area contributed by atoms with Crippen LogP contribution in [0.4, 0.5) is 0 Å². The number of carbonyl (C=O) groups is 1. The van der Waals surface area contributed by atoms with E-state index in [1.165, 1.54) is 276 Å². The predicted octanol–water partition coefficient (Wildman–Crippen LogP) is 18.1. The maximum atomic E-state index is 13.1. The smallest absolute Gasteiger partial charge is 0.220 e. The van der Waals surface area contributed by atoms with Gasteiger partial charge in [-0.1, -0.05) is 321 Å². The average Bonchev–Trinajstić information content (AvgIpc) is 3.43. The molecule has 7 atom stereocenters. The first-order chi connectivity index (χ1) is 37.8. The third-order valence-corrected chi connectivity index (χ3v) is 16.6. The van der Waals surface area contributed by atoms with Gasteiger partial charge < -0.3 is 40.3 Å². The largest absolute Gasteiger partial charge is 0.394 e. The van der Waals surface area contributed by atoms with Gasteiger partial charge in [0, 0.05) is 6.42 Å². The van der Waals surface area contributed by atoms with E-state index in [-0.39, 0.29) is 12.5 Å². The van der Waals surface area contributed by atoms with Crippen molar-refractivity contribution < 1.29 is 39.8 Å². The summed E-state index contributed by atoms with van der Waals surface area (Å²) >= 11 is 0. The molecular weight excluding hydrogens is 959 g/mol. The van der Waals surface area contributed by atoms with Crippen molar-refractivity contribution in [2.45, 2.75) is 391 Å². The van der Waals surface area contributed by atoms with Gasteiger partial charge in [0.2, 0.25) is 5.91 Å². The highest BCUT2D eigenvalue weighted by molar-refractivity contribution is 5.76. The van der Waals surface area contributed by atoms with Crippen LogP contribution in [0.25, 0.3) is 0 Å². The van der Waals surface area contributed by atoms with E-state index in [1.54, 1.807) is 0 Å². The Bertz CT molecular complexity index is 1260. The van der Waals surface area contributed by atoms with Crippen molar-refractivity contribution in [2.75, 3.05) is 13.2 Å². The van der Waals surface area contributed by atoms with Gasteiger partial charge in [-0.15, -0.1) is 0 Å². The first kappa shape index (κ1) is 73.7. The molecule has 77 heavy (non-hydrogen) atoms. The molecule has 1 fully saturated rings. The molecule has 1 heterocycles. The lowest BCUT2D eigenvalue weighted by molar-refractivity contribution is -0.302.